The standard InChI is InChI=1S/C11H12N2O/c12-5-9-1-3-11(4-2-9)14-8-10-6-13-7-10/h1-4,10,13H,6-8H2. The van der Waals surface area contributed by atoms with Crippen molar-refractivity contribution in [1.29, 1.82) is 5.26 Å². The second-order valence-electron chi connectivity index (χ2n) is 3.47. The quantitative estimate of drug-likeness (QED) is 0.774. The van der Waals surface area contributed by atoms with Gasteiger partial charge in [0.2, 0.25) is 0 Å². The van der Waals surface area contributed by atoms with Crippen LogP contribution in [0, 0.1) is 17.2 Å². The maximum absolute atomic E-state index is 8.59. The summed E-state index contributed by atoms with van der Waals surface area (Å²) in [5.41, 5.74) is 0.669. The molecule has 1 N–H and O–H groups in total. The molecular weight excluding hydrogens is 176 g/mol. The van der Waals surface area contributed by atoms with Gasteiger partial charge < -0.3 is 10.1 Å². The molecule has 0 amide bonds. The van der Waals surface area contributed by atoms with Gasteiger partial charge in [-0.3, -0.25) is 0 Å². The maximum Gasteiger partial charge on any atom is 0.119 e. The lowest BCUT2D eigenvalue weighted by Gasteiger charge is -2.26. The summed E-state index contributed by atoms with van der Waals surface area (Å²) in [6.07, 6.45) is 0. The van der Waals surface area contributed by atoms with Crippen molar-refractivity contribution < 1.29 is 4.74 Å². The highest BCUT2D eigenvalue weighted by atomic mass is 16.5. The Hall–Kier alpha value is -1.53. The number of hydrogen-bond donors (Lipinski definition) is 1. The van der Waals surface area contributed by atoms with Crippen LogP contribution in [0.25, 0.3) is 0 Å². The normalized spacial score (nSPS) is 15.6. The van der Waals surface area contributed by atoms with Gasteiger partial charge in [0.1, 0.15) is 5.75 Å². The minimum absolute atomic E-state index is 0.644. The monoisotopic (exact) mass is 188 g/mol. The molecule has 0 aliphatic carbocycles. The van der Waals surface area contributed by atoms with E-state index < -0.39 is 0 Å². The van der Waals surface area contributed by atoms with Crippen molar-refractivity contribution in [3.63, 3.8) is 0 Å². The van der Waals surface area contributed by atoms with E-state index in [2.05, 4.69) is 11.4 Å². The van der Waals surface area contributed by atoms with Gasteiger partial charge in [0.25, 0.3) is 0 Å². The van der Waals surface area contributed by atoms with Gasteiger partial charge in [0, 0.05) is 19.0 Å². The molecule has 1 aliphatic rings. The summed E-state index contributed by atoms with van der Waals surface area (Å²) in [6.45, 7) is 2.87. The third-order valence-electron chi connectivity index (χ3n) is 2.34. The fourth-order valence-electron chi connectivity index (χ4n) is 1.31. The van der Waals surface area contributed by atoms with Crippen LogP contribution in [0.5, 0.6) is 5.75 Å². The molecule has 0 unspecified atom stereocenters. The predicted octanol–water partition coefficient (Wildman–Crippen LogP) is 1.16. The molecule has 3 nitrogen and oxygen atoms in total. The predicted molar refractivity (Wildman–Crippen MR) is 53.0 cm³/mol. The summed E-state index contributed by atoms with van der Waals surface area (Å²) in [4.78, 5) is 0. The molecule has 0 atom stereocenters. The molecule has 72 valence electrons. The highest BCUT2D eigenvalue weighted by Crippen LogP contribution is 2.13. The van der Waals surface area contributed by atoms with Crippen molar-refractivity contribution in [2.75, 3.05) is 19.7 Å². The molecule has 1 aliphatic heterocycles. The molecule has 1 saturated heterocycles. The van der Waals surface area contributed by atoms with Crippen molar-refractivity contribution >= 4 is 0 Å². The van der Waals surface area contributed by atoms with Crippen LogP contribution in [0.1, 0.15) is 5.56 Å². The Morgan fingerprint density at radius 3 is 2.57 bits per heavy atom. The van der Waals surface area contributed by atoms with Crippen LogP contribution < -0.4 is 10.1 Å². The molecule has 1 fully saturated rings. The van der Waals surface area contributed by atoms with Crippen molar-refractivity contribution in [2.24, 2.45) is 5.92 Å². The summed E-state index contributed by atoms with van der Waals surface area (Å²) in [7, 11) is 0. The van der Waals surface area contributed by atoms with E-state index in [1.54, 1.807) is 12.1 Å². The smallest absolute Gasteiger partial charge is 0.119 e. The second-order valence-corrected chi connectivity index (χ2v) is 3.47. The van der Waals surface area contributed by atoms with Gasteiger partial charge in [-0.1, -0.05) is 0 Å². The fourth-order valence-corrected chi connectivity index (χ4v) is 1.31. The van der Waals surface area contributed by atoms with E-state index in [0.717, 1.165) is 25.4 Å². The summed E-state index contributed by atoms with van der Waals surface area (Å²) < 4.78 is 5.56. The highest BCUT2D eigenvalue weighted by Gasteiger charge is 2.16. The van der Waals surface area contributed by atoms with Gasteiger partial charge in [-0.25, -0.2) is 0 Å². The summed E-state index contributed by atoms with van der Waals surface area (Å²) in [5, 5.41) is 11.8. The number of nitriles is 1. The third kappa shape index (κ3) is 2.04. The van der Waals surface area contributed by atoms with Crippen LogP contribution in [0.2, 0.25) is 0 Å². The number of nitrogens with one attached hydrogen (secondary N) is 1. The van der Waals surface area contributed by atoms with Gasteiger partial charge in [-0.2, -0.15) is 5.26 Å². The average molecular weight is 188 g/mol. The number of benzene rings is 1. The molecule has 0 bridgehead atoms. The molecule has 0 aromatic heterocycles. The van der Waals surface area contributed by atoms with E-state index in [4.69, 9.17) is 10.00 Å². The van der Waals surface area contributed by atoms with Crippen LogP contribution in [0.15, 0.2) is 24.3 Å². The highest BCUT2D eigenvalue weighted by molar-refractivity contribution is 5.34. The zero-order valence-corrected chi connectivity index (χ0v) is 7.86. The van der Waals surface area contributed by atoms with Crippen LogP contribution in [-0.4, -0.2) is 19.7 Å². The number of hydrogen-bond acceptors (Lipinski definition) is 3. The summed E-state index contributed by atoms with van der Waals surface area (Å²) >= 11 is 0. The first-order valence-electron chi connectivity index (χ1n) is 4.72. The minimum atomic E-state index is 0.644. The Labute approximate surface area is 83.3 Å². The average Bonchev–Trinajstić information content (AvgIpc) is 2.16. The van der Waals surface area contributed by atoms with E-state index >= 15 is 0 Å². The molecule has 0 spiro atoms. The van der Waals surface area contributed by atoms with Gasteiger partial charge in [-0.15, -0.1) is 0 Å². The lowest BCUT2D eigenvalue weighted by molar-refractivity contribution is 0.199. The molecule has 0 saturated carbocycles. The second kappa shape index (κ2) is 4.12. The molecule has 1 heterocycles. The van der Waals surface area contributed by atoms with E-state index in [9.17, 15) is 0 Å². The topological polar surface area (TPSA) is 45.0 Å². The lowest BCUT2D eigenvalue weighted by atomic mass is 10.1. The summed E-state index contributed by atoms with van der Waals surface area (Å²) in [5.74, 6) is 1.49. The zero-order valence-electron chi connectivity index (χ0n) is 7.86. The molecular formula is C11H12N2O. The molecule has 14 heavy (non-hydrogen) atoms. The Bertz CT molecular complexity index is 335. The molecule has 1 aromatic carbocycles. The SMILES string of the molecule is N#Cc1ccc(OCC2CNC2)cc1. The summed E-state index contributed by atoms with van der Waals surface area (Å²) in [6, 6.07) is 9.30. The molecule has 1 aromatic rings. The van der Waals surface area contributed by atoms with E-state index in [0.29, 0.717) is 11.5 Å². The van der Waals surface area contributed by atoms with Crippen molar-refractivity contribution in [1.82, 2.24) is 5.32 Å². The molecule has 2 rings (SSSR count). The first-order chi connectivity index (χ1) is 6.88. The van der Waals surface area contributed by atoms with Crippen LogP contribution >= 0.6 is 0 Å². The van der Waals surface area contributed by atoms with Crippen molar-refractivity contribution in [2.45, 2.75) is 0 Å². The molecule has 0 radical (unpaired) electrons. The van der Waals surface area contributed by atoms with Crippen LogP contribution in [-0.2, 0) is 0 Å². The van der Waals surface area contributed by atoms with Crippen molar-refractivity contribution in [3.8, 4) is 11.8 Å². The van der Waals surface area contributed by atoms with E-state index in [1.807, 2.05) is 12.1 Å². The maximum atomic E-state index is 8.59. The fraction of sp³-hybridized carbons (Fsp3) is 0.364. The van der Waals surface area contributed by atoms with Crippen LogP contribution in [0.3, 0.4) is 0 Å². The Morgan fingerprint density at radius 1 is 1.36 bits per heavy atom. The first-order valence-corrected chi connectivity index (χ1v) is 4.72. The Morgan fingerprint density at radius 2 is 2.07 bits per heavy atom. The number of ether oxygens (including phenoxy) is 1. The van der Waals surface area contributed by atoms with Gasteiger partial charge in [0.05, 0.1) is 18.2 Å². The largest absolute Gasteiger partial charge is 0.493 e. The molecule has 3 heteroatoms. The minimum Gasteiger partial charge on any atom is -0.493 e. The Kier molecular flexibility index (Phi) is 2.66. The lowest BCUT2D eigenvalue weighted by Crippen LogP contribution is -2.45. The zero-order chi connectivity index (χ0) is 9.80. The van der Waals surface area contributed by atoms with Gasteiger partial charge in [-0.05, 0) is 24.3 Å². The van der Waals surface area contributed by atoms with Gasteiger partial charge >= 0.3 is 0 Å². The van der Waals surface area contributed by atoms with Gasteiger partial charge in [0.15, 0.2) is 0 Å². The van der Waals surface area contributed by atoms with E-state index in [-0.39, 0.29) is 0 Å². The number of nitrogens with zero attached hydrogens (tertiary/aromatic N) is 1. The Balaban J connectivity index is 1.86. The first kappa shape index (κ1) is 9.04. The van der Waals surface area contributed by atoms with Crippen LogP contribution in [0.4, 0.5) is 0 Å². The third-order valence-corrected chi connectivity index (χ3v) is 2.34. The number of rotatable bonds is 3. The van der Waals surface area contributed by atoms with E-state index in [1.165, 1.54) is 0 Å². The van der Waals surface area contributed by atoms with Crippen molar-refractivity contribution in [3.05, 3.63) is 29.8 Å².